The molecule has 3 rings (SSSR count). The van der Waals surface area contributed by atoms with Gasteiger partial charge in [-0.3, -0.25) is 14.7 Å². The molecule has 0 bridgehead atoms. The van der Waals surface area contributed by atoms with Crippen LogP contribution >= 0.6 is 0 Å². The molecule has 1 saturated heterocycles. The topological polar surface area (TPSA) is 91.5 Å². The molecule has 0 atom stereocenters. The number of hydrogen-bond donors (Lipinski definition) is 2. The molecule has 0 saturated carbocycles. The number of hydrazine groups is 1. The van der Waals surface area contributed by atoms with Crippen LogP contribution < -0.4 is 20.5 Å². The highest BCUT2D eigenvalue weighted by atomic mass is 16.5. The highest BCUT2D eigenvalue weighted by Crippen LogP contribution is 2.11. The second-order valence-electron chi connectivity index (χ2n) is 5.35. The Morgan fingerprint density at radius 1 is 1.26 bits per heavy atom. The van der Waals surface area contributed by atoms with Crippen molar-refractivity contribution >= 4 is 5.91 Å². The van der Waals surface area contributed by atoms with E-state index in [9.17, 15) is 9.59 Å². The third-order valence-corrected chi connectivity index (χ3v) is 3.81. The van der Waals surface area contributed by atoms with Gasteiger partial charge in [0.15, 0.2) is 0 Å². The van der Waals surface area contributed by atoms with Crippen molar-refractivity contribution in [3.63, 3.8) is 0 Å². The number of nitrogens with zero attached hydrogens (tertiary/aromatic N) is 2. The zero-order chi connectivity index (χ0) is 16.2. The molecular weight excluding hydrogens is 300 g/mol. The number of piperidine rings is 1. The second kappa shape index (κ2) is 6.66. The first-order chi connectivity index (χ1) is 11.2. The maximum Gasteiger partial charge on any atom is 0.441 e. The van der Waals surface area contributed by atoms with Crippen LogP contribution in [0.15, 0.2) is 33.6 Å². The lowest BCUT2D eigenvalue weighted by Gasteiger charge is -2.25. The predicted molar refractivity (Wildman–Crippen MR) is 80.3 cm³/mol. The van der Waals surface area contributed by atoms with Crippen LogP contribution in [0.3, 0.4) is 0 Å². The Hall–Kier alpha value is -2.61. The van der Waals surface area contributed by atoms with Gasteiger partial charge in [0.05, 0.1) is 7.11 Å². The maximum absolute atomic E-state index is 12.4. The average molecular weight is 319 g/mol. The smallest absolute Gasteiger partial charge is 0.441 e. The fraction of sp³-hybridized carbons (Fsp3) is 0.400. The third kappa shape index (κ3) is 3.26. The zero-order valence-electron chi connectivity index (χ0n) is 12.9. The third-order valence-electron chi connectivity index (χ3n) is 3.81. The van der Waals surface area contributed by atoms with Gasteiger partial charge in [-0.25, -0.2) is 9.80 Å². The Kier molecular flexibility index (Phi) is 4.42. The van der Waals surface area contributed by atoms with Gasteiger partial charge in [0, 0.05) is 25.2 Å². The zero-order valence-corrected chi connectivity index (χ0v) is 12.9. The molecule has 0 radical (unpaired) electrons. The Bertz CT molecular complexity index is 729. The lowest BCUT2D eigenvalue weighted by molar-refractivity contribution is -0.672. The molecule has 8 heteroatoms. The summed E-state index contributed by atoms with van der Waals surface area (Å²) in [5, 5.41) is 4.28. The van der Waals surface area contributed by atoms with Crippen LogP contribution in [0.2, 0.25) is 0 Å². The van der Waals surface area contributed by atoms with Crippen molar-refractivity contribution in [1.29, 1.82) is 0 Å². The van der Waals surface area contributed by atoms with E-state index in [1.807, 2.05) is 5.01 Å². The molecule has 1 aliphatic rings. The fourth-order valence-corrected chi connectivity index (χ4v) is 2.58. The van der Waals surface area contributed by atoms with Gasteiger partial charge in [-0.15, -0.1) is 0 Å². The number of nitrogens with one attached hydrogen (secondary N) is 2. The Morgan fingerprint density at radius 2 is 1.96 bits per heavy atom. The summed E-state index contributed by atoms with van der Waals surface area (Å²) in [6.07, 6.45) is 3.21. The number of methoxy groups -OCH3 is 1. The highest BCUT2D eigenvalue weighted by Gasteiger charge is 2.32. The van der Waals surface area contributed by atoms with E-state index in [1.165, 1.54) is 4.68 Å². The number of aromatic nitrogens is 2. The van der Waals surface area contributed by atoms with Gasteiger partial charge in [0.1, 0.15) is 5.75 Å². The van der Waals surface area contributed by atoms with E-state index in [-0.39, 0.29) is 5.69 Å². The minimum atomic E-state index is -0.713. The van der Waals surface area contributed by atoms with Crippen LogP contribution in [-0.4, -0.2) is 36.4 Å². The summed E-state index contributed by atoms with van der Waals surface area (Å²) in [6.45, 7) is 1.56. The van der Waals surface area contributed by atoms with Crippen molar-refractivity contribution in [2.75, 3.05) is 20.2 Å². The summed E-state index contributed by atoms with van der Waals surface area (Å²) in [7, 11) is 1.57. The summed E-state index contributed by atoms with van der Waals surface area (Å²) in [4.78, 5) is 24.3. The Balaban J connectivity index is 1.85. The predicted octanol–water partition coefficient (Wildman–Crippen LogP) is 0.384. The van der Waals surface area contributed by atoms with Gasteiger partial charge >= 0.3 is 17.2 Å². The molecule has 0 spiro atoms. The summed E-state index contributed by atoms with van der Waals surface area (Å²) < 4.78 is 11.2. The maximum atomic E-state index is 12.4. The highest BCUT2D eigenvalue weighted by molar-refractivity contribution is 5.90. The Labute approximate surface area is 132 Å². The number of amides is 1. The van der Waals surface area contributed by atoms with Gasteiger partial charge in [-0.1, -0.05) is 6.42 Å². The van der Waals surface area contributed by atoms with Crippen molar-refractivity contribution in [2.24, 2.45) is 0 Å². The number of carbonyl (C=O) groups is 1. The monoisotopic (exact) mass is 319 g/mol. The van der Waals surface area contributed by atoms with E-state index < -0.39 is 11.5 Å². The molecule has 1 aromatic heterocycles. The molecule has 2 aromatic rings. The van der Waals surface area contributed by atoms with Gasteiger partial charge in [0.25, 0.3) is 0 Å². The van der Waals surface area contributed by atoms with E-state index in [4.69, 9.17) is 9.26 Å². The lowest BCUT2D eigenvalue weighted by atomic mass is 10.2. The van der Waals surface area contributed by atoms with Crippen LogP contribution in [0.5, 0.6) is 5.75 Å². The molecule has 1 aliphatic heterocycles. The van der Waals surface area contributed by atoms with Crippen LogP contribution in [0.25, 0.3) is 5.69 Å². The van der Waals surface area contributed by atoms with Crippen LogP contribution in [0.1, 0.15) is 29.8 Å². The van der Waals surface area contributed by atoms with E-state index in [0.29, 0.717) is 11.4 Å². The number of carbonyl (C=O) groups excluding carboxylic acids is 1. The number of aromatic amines is 1. The first kappa shape index (κ1) is 15.3. The van der Waals surface area contributed by atoms with E-state index in [1.54, 1.807) is 31.4 Å². The SMILES string of the molecule is COc1ccc(-[n+]2[nH]oc(=O)c2C(=O)NN2CCCCC2)cc1. The molecule has 122 valence electrons. The van der Waals surface area contributed by atoms with Gasteiger partial charge in [-0.2, -0.15) is 0 Å². The van der Waals surface area contributed by atoms with Crippen LogP contribution in [-0.2, 0) is 0 Å². The normalized spacial score (nSPS) is 15.3. The summed E-state index contributed by atoms with van der Waals surface area (Å²) in [5.74, 6) is 0.192. The van der Waals surface area contributed by atoms with Crippen molar-refractivity contribution in [1.82, 2.24) is 15.7 Å². The van der Waals surface area contributed by atoms with Crippen molar-refractivity contribution in [2.45, 2.75) is 19.3 Å². The van der Waals surface area contributed by atoms with Gasteiger partial charge < -0.3 is 4.74 Å². The molecule has 2 heterocycles. The van der Waals surface area contributed by atoms with Crippen molar-refractivity contribution in [3.05, 3.63) is 40.4 Å². The average Bonchev–Trinajstić information content (AvgIpc) is 2.97. The summed E-state index contributed by atoms with van der Waals surface area (Å²) >= 11 is 0. The van der Waals surface area contributed by atoms with E-state index in [2.05, 4.69) is 10.7 Å². The number of H-pyrrole nitrogens is 1. The molecule has 1 amide bonds. The second-order valence-corrected chi connectivity index (χ2v) is 5.35. The van der Waals surface area contributed by atoms with E-state index >= 15 is 0 Å². The first-order valence-electron chi connectivity index (χ1n) is 7.53. The van der Waals surface area contributed by atoms with Crippen molar-refractivity contribution < 1.29 is 18.7 Å². The minimum Gasteiger partial charge on any atom is -0.497 e. The lowest BCUT2D eigenvalue weighted by Crippen LogP contribution is -2.51. The van der Waals surface area contributed by atoms with Crippen LogP contribution in [0.4, 0.5) is 0 Å². The molecule has 0 aliphatic carbocycles. The number of hydrogen-bond acceptors (Lipinski definition) is 5. The molecule has 1 aromatic carbocycles. The van der Waals surface area contributed by atoms with Gasteiger partial charge in [-0.05, 0) is 34.9 Å². The molecule has 8 nitrogen and oxygen atoms in total. The standard InChI is InChI=1S/C15H18N4O4/c1-22-12-7-5-11(6-8-12)19-13(15(21)23-17-19)14(20)16-18-9-3-2-4-10-18/h5-8H,2-4,9-10H2,1H3,(H-,16,17,20,21)/p+1. The number of rotatable bonds is 4. The molecule has 1 fully saturated rings. The molecule has 0 unspecified atom stereocenters. The summed E-state index contributed by atoms with van der Waals surface area (Å²) in [6, 6.07) is 6.92. The van der Waals surface area contributed by atoms with Crippen LogP contribution in [0, 0.1) is 0 Å². The Morgan fingerprint density at radius 3 is 2.61 bits per heavy atom. The molecular formula is C15H19N4O4+. The fourth-order valence-electron chi connectivity index (χ4n) is 2.58. The van der Waals surface area contributed by atoms with Crippen molar-refractivity contribution in [3.8, 4) is 11.4 Å². The number of ether oxygens (including phenoxy) is 1. The first-order valence-corrected chi connectivity index (χ1v) is 7.53. The van der Waals surface area contributed by atoms with E-state index in [0.717, 1.165) is 32.4 Å². The summed E-state index contributed by atoms with van der Waals surface area (Å²) in [5.41, 5.74) is 2.55. The largest absolute Gasteiger partial charge is 0.497 e. The molecule has 2 N–H and O–H groups in total. The minimum absolute atomic E-state index is 0.0965. The number of benzene rings is 1. The molecule has 23 heavy (non-hydrogen) atoms. The quantitative estimate of drug-likeness (QED) is 0.795. The van der Waals surface area contributed by atoms with Gasteiger partial charge in [0.2, 0.25) is 5.69 Å².